The maximum atomic E-state index is 5.78. The Morgan fingerprint density at radius 2 is 1.70 bits per heavy atom. The molecular weight excluding hydrogens is 286 g/mol. The molecule has 1 N–H and O–H groups in total. The van der Waals surface area contributed by atoms with Gasteiger partial charge in [0, 0.05) is 11.6 Å². The van der Waals surface area contributed by atoms with Crippen molar-refractivity contribution in [3.05, 3.63) is 60.2 Å². The standard InChI is InChI=1S/C20H21NO2/c1-2-6-17(7-3-1)8-5-15-22-19-10-12-20(13-11-19)23-16-18-9-4-14-21-18/h1-3,6-7,10-13,18,21H,4,9,14-16H2. The molecule has 3 nitrogen and oxygen atoms in total. The van der Waals surface area contributed by atoms with Crippen LogP contribution in [0.25, 0.3) is 0 Å². The van der Waals surface area contributed by atoms with E-state index in [1.807, 2.05) is 54.6 Å². The first-order valence-electron chi connectivity index (χ1n) is 8.03. The van der Waals surface area contributed by atoms with Crippen molar-refractivity contribution in [2.45, 2.75) is 18.9 Å². The van der Waals surface area contributed by atoms with Gasteiger partial charge in [-0.2, -0.15) is 0 Å². The van der Waals surface area contributed by atoms with Crippen LogP contribution in [0, 0.1) is 11.8 Å². The first-order chi connectivity index (χ1) is 11.4. The zero-order valence-electron chi connectivity index (χ0n) is 13.1. The fourth-order valence-corrected chi connectivity index (χ4v) is 2.51. The third-order valence-electron chi connectivity index (χ3n) is 3.75. The van der Waals surface area contributed by atoms with Crippen molar-refractivity contribution in [3.8, 4) is 23.3 Å². The van der Waals surface area contributed by atoms with E-state index in [1.54, 1.807) is 0 Å². The Morgan fingerprint density at radius 1 is 0.957 bits per heavy atom. The highest BCUT2D eigenvalue weighted by molar-refractivity contribution is 5.34. The number of nitrogens with one attached hydrogen (secondary N) is 1. The van der Waals surface area contributed by atoms with Crippen LogP contribution in [0.15, 0.2) is 54.6 Å². The van der Waals surface area contributed by atoms with Gasteiger partial charge in [-0.15, -0.1) is 0 Å². The molecule has 3 rings (SSSR count). The van der Waals surface area contributed by atoms with Gasteiger partial charge in [-0.05, 0) is 55.8 Å². The second-order valence-electron chi connectivity index (χ2n) is 5.53. The lowest BCUT2D eigenvalue weighted by Crippen LogP contribution is -2.28. The molecule has 0 aromatic heterocycles. The van der Waals surface area contributed by atoms with Gasteiger partial charge in [-0.1, -0.05) is 30.0 Å². The van der Waals surface area contributed by atoms with Crippen LogP contribution in [0.4, 0.5) is 0 Å². The summed E-state index contributed by atoms with van der Waals surface area (Å²) in [5.41, 5.74) is 1.00. The summed E-state index contributed by atoms with van der Waals surface area (Å²) in [6, 6.07) is 18.1. The predicted octanol–water partition coefficient (Wildman–Crippen LogP) is 3.25. The molecule has 2 aromatic rings. The largest absolute Gasteiger partial charge is 0.492 e. The molecule has 1 atom stereocenters. The molecule has 23 heavy (non-hydrogen) atoms. The fourth-order valence-electron chi connectivity index (χ4n) is 2.51. The van der Waals surface area contributed by atoms with Gasteiger partial charge in [-0.25, -0.2) is 0 Å². The molecule has 2 aromatic carbocycles. The van der Waals surface area contributed by atoms with E-state index in [4.69, 9.17) is 9.47 Å². The van der Waals surface area contributed by atoms with E-state index in [9.17, 15) is 0 Å². The molecule has 0 amide bonds. The predicted molar refractivity (Wildman–Crippen MR) is 91.8 cm³/mol. The van der Waals surface area contributed by atoms with Crippen molar-refractivity contribution >= 4 is 0 Å². The van der Waals surface area contributed by atoms with Crippen molar-refractivity contribution in [2.75, 3.05) is 19.8 Å². The summed E-state index contributed by atoms with van der Waals surface area (Å²) in [6.45, 7) is 2.20. The summed E-state index contributed by atoms with van der Waals surface area (Å²) in [5.74, 6) is 7.77. The molecular formula is C20H21NO2. The van der Waals surface area contributed by atoms with Crippen LogP contribution in [-0.4, -0.2) is 25.8 Å². The van der Waals surface area contributed by atoms with Gasteiger partial charge in [0.1, 0.15) is 24.7 Å². The Bertz CT molecular complexity index is 650. The molecule has 1 saturated heterocycles. The highest BCUT2D eigenvalue weighted by Crippen LogP contribution is 2.18. The van der Waals surface area contributed by atoms with E-state index in [2.05, 4.69) is 17.2 Å². The molecule has 0 saturated carbocycles. The average Bonchev–Trinajstić information content (AvgIpc) is 3.12. The maximum Gasteiger partial charge on any atom is 0.149 e. The molecule has 0 radical (unpaired) electrons. The van der Waals surface area contributed by atoms with Gasteiger partial charge in [-0.3, -0.25) is 0 Å². The van der Waals surface area contributed by atoms with E-state index in [-0.39, 0.29) is 0 Å². The molecule has 0 spiro atoms. The zero-order valence-corrected chi connectivity index (χ0v) is 13.1. The van der Waals surface area contributed by atoms with E-state index < -0.39 is 0 Å². The molecule has 3 heteroatoms. The van der Waals surface area contributed by atoms with E-state index >= 15 is 0 Å². The Labute approximate surface area is 137 Å². The van der Waals surface area contributed by atoms with Gasteiger partial charge in [0.25, 0.3) is 0 Å². The molecule has 0 aliphatic carbocycles. The van der Waals surface area contributed by atoms with Crippen LogP contribution in [0.2, 0.25) is 0 Å². The van der Waals surface area contributed by atoms with Gasteiger partial charge in [0.15, 0.2) is 0 Å². The normalized spacial score (nSPS) is 16.4. The molecule has 1 heterocycles. The first kappa shape index (κ1) is 15.5. The fraction of sp³-hybridized carbons (Fsp3) is 0.300. The van der Waals surface area contributed by atoms with Crippen molar-refractivity contribution in [1.29, 1.82) is 0 Å². The van der Waals surface area contributed by atoms with Crippen molar-refractivity contribution < 1.29 is 9.47 Å². The monoisotopic (exact) mass is 307 g/mol. The van der Waals surface area contributed by atoms with Crippen LogP contribution >= 0.6 is 0 Å². The zero-order chi connectivity index (χ0) is 15.7. The van der Waals surface area contributed by atoms with Gasteiger partial charge >= 0.3 is 0 Å². The van der Waals surface area contributed by atoms with Gasteiger partial charge < -0.3 is 14.8 Å². The summed E-state index contributed by atoms with van der Waals surface area (Å²) in [6.07, 6.45) is 2.44. The number of ether oxygens (including phenoxy) is 2. The molecule has 1 fully saturated rings. The summed E-state index contributed by atoms with van der Waals surface area (Å²) in [5, 5.41) is 3.42. The maximum absolute atomic E-state index is 5.78. The van der Waals surface area contributed by atoms with E-state index in [1.165, 1.54) is 12.8 Å². The van der Waals surface area contributed by atoms with Crippen molar-refractivity contribution in [3.63, 3.8) is 0 Å². The number of rotatable bonds is 5. The minimum absolute atomic E-state index is 0.376. The molecule has 1 aliphatic heterocycles. The third kappa shape index (κ3) is 5.05. The number of benzene rings is 2. The summed E-state index contributed by atoms with van der Waals surface area (Å²) >= 11 is 0. The lowest BCUT2D eigenvalue weighted by atomic mass is 10.2. The third-order valence-corrected chi connectivity index (χ3v) is 3.75. The van der Waals surface area contributed by atoms with Crippen LogP contribution in [0.3, 0.4) is 0 Å². The second-order valence-corrected chi connectivity index (χ2v) is 5.53. The highest BCUT2D eigenvalue weighted by Gasteiger charge is 2.14. The molecule has 118 valence electrons. The molecule has 1 unspecified atom stereocenters. The SMILES string of the molecule is C(#Cc1ccccc1)COc1ccc(OCC2CCCN2)cc1. The minimum Gasteiger partial charge on any atom is -0.492 e. The highest BCUT2D eigenvalue weighted by atomic mass is 16.5. The lowest BCUT2D eigenvalue weighted by Gasteiger charge is -2.12. The Hall–Kier alpha value is -2.44. The van der Waals surface area contributed by atoms with Crippen LogP contribution < -0.4 is 14.8 Å². The van der Waals surface area contributed by atoms with Crippen LogP contribution in [0.1, 0.15) is 18.4 Å². The average molecular weight is 307 g/mol. The molecule has 0 bridgehead atoms. The Kier molecular flexibility index (Phi) is 5.55. The summed E-state index contributed by atoms with van der Waals surface area (Å²) in [7, 11) is 0. The minimum atomic E-state index is 0.376. The lowest BCUT2D eigenvalue weighted by molar-refractivity contribution is 0.276. The van der Waals surface area contributed by atoms with Crippen molar-refractivity contribution in [2.24, 2.45) is 0 Å². The topological polar surface area (TPSA) is 30.5 Å². The van der Waals surface area contributed by atoms with Gasteiger partial charge in [0.2, 0.25) is 0 Å². The van der Waals surface area contributed by atoms with Crippen LogP contribution in [-0.2, 0) is 0 Å². The van der Waals surface area contributed by atoms with E-state index in [0.717, 1.165) is 30.2 Å². The number of hydrogen-bond acceptors (Lipinski definition) is 3. The summed E-state index contributed by atoms with van der Waals surface area (Å²) in [4.78, 5) is 0. The van der Waals surface area contributed by atoms with Crippen molar-refractivity contribution in [1.82, 2.24) is 5.32 Å². The smallest absolute Gasteiger partial charge is 0.149 e. The Balaban J connectivity index is 1.43. The van der Waals surface area contributed by atoms with Crippen LogP contribution in [0.5, 0.6) is 11.5 Å². The first-order valence-corrected chi connectivity index (χ1v) is 8.03. The Morgan fingerprint density at radius 3 is 2.39 bits per heavy atom. The quantitative estimate of drug-likeness (QED) is 0.860. The number of hydrogen-bond donors (Lipinski definition) is 1. The van der Waals surface area contributed by atoms with E-state index in [0.29, 0.717) is 12.6 Å². The second kappa shape index (κ2) is 8.26. The van der Waals surface area contributed by atoms with Gasteiger partial charge in [0.05, 0.1) is 0 Å². The summed E-state index contributed by atoms with van der Waals surface area (Å²) < 4.78 is 11.4. The molecule has 1 aliphatic rings.